The monoisotopic (exact) mass is 295 g/mol. The first kappa shape index (κ1) is 13.4. The first-order valence-corrected chi connectivity index (χ1v) is 7.63. The molecular weight excluding hydrogens is 278 g/mol. The lowest BCUT2D eigenvalue weighted by Gasteiger charge is -2.15. The van der Waals surface area contributed by atoms with E-state index < -0.39 is 11.9 Å². The molecule has 0 radical (unpaired) electrons. The summed E-state index contributed by atoms with van der Waals surface area (Å²) < 4.78 is 0. The number of nitrogens with one attached hydrogen (secondary N) is 1. The third-order valence-electron chi connectivity index (χ3n) is 4.03. The molecule has 6 nitrogen and oxygen atoms in total. The lowest BCUT2D eigenvalue weighted by atomic mass is 9.99. The van der Waals surface area contributed by atoms with Crippen molar-refractivity contribution in [1.29, 1.82) is 0 Å². The van der Waals surface area contributed by atoms with Gasteiger partial charge in [-0.05, 0) is 25.2 Å². The number of aliphatic carboxylic acids is 1. The molecule has 0 saturated carbocycles. The lowest BCUT2D eigenvalue weighted by Crippen LogP contribution is -2.33. The van der Waals surface area contributed by atoms with Gasteiger partial charge in [-0.25, -0.2) is 9.78 Å². The summed E-state index contributed by atoms with van der Waals surface area (Å²) in [5.74, 6) is -1.32. The van der Waals surface area contributed by atoms with E-state index in [1.165, 1.54) is 16.2 Å². The molecule has 2 atom stereocenters. The number of likely N-dealkylation sites (tertiary alicyclic amines) is 1. The van der Waals surface area contributed by atoms with E-state index in [0.717, 1.165) is 25.0 Å². The Hall–Kier alpha value is -1.63. The van der Waals surface area contributed by atoms with Crippen LogP contribution in [0.25, 0.3) is 0 Å². The van der Waals surface area contributed by atoms with Crippen molar-refractivity contribution < 1.29 is 14.7 Å². The first-order valence-electron chi connectivity index (χ1n) is 6.82. The molecule has 2 unspecified atom stereocenters. The van der Waals surface area contributed by atoms with Crippen molar-refractivity contribution in [1.82, 2.24) is 9.88 Å². The summed E-state index contributed by atoms with van der Waals surface area (Å²) in [6, 6.07) is -0.243. The largest absolute Gasteiger partial charge is 0.481 e. The first-order chi connectivity index (χ1) is 9.54. The Bertz CT molecular complexity index is 536. The number of hydrogen-bond acceptors (Lipinski definition) is 4. The Kier molecular flexibility index (Phi) is 3.37. The van der Waals surface area contributed by atoms with Gasteiger partial charge >= 0.3 is 12.0 Å². The highest BCUT2D eigenvalue weighted by Crippen LogP contribution is 2.31. The van der Waals surface area contributed by atoms with Crippen LogP contribution in [0.3, 0.4) is 0 Å². The highest BCUT2D eigenvalue weighted by atomic mass is 32.1. The topological polar surface area (TPSA) is 82.5 Å². The zero-order valence-corrected chi connectivity index (χ0v) is 12.1. The predicted octanol–water partition coefficient (Wildman–Crippen LogP) is 1.82. The van der Waals surface area contributed by atoms with Gasteiger partial charge in [0.1, 0.15) is 0 Å². The Morgan fingerprint density at radius 3 is 2.85 bits per heavy atom. The van der Waals surface area contributed by atoms with Crippen LogP contribution >= 0.6 is 11.3 Å². The second-order valence-corrected chi connectivity index (χ2v) is 6.58. The van der Waals surface area contributed by atoms with Gasteiger partial charge in [-0.2, -0.15) is 0 Å². The van der Waals surface area contributed by atoms with Gasteiger partial charge in [0, 0.05) is 18.0 Å². The van der Waals surface area contributed by atoms with Gasteiger partial charge < -0.3 is 10.0 Å². The van der Waals surface area contributed by atoms with Gasteiger partial charge in [0.05, 0.1) is 11.6 Å². The van der Waals surface area contributed by atoms with Crippen LogP contribution in [0.4, 0.5) is 9.93 Å². The molecule has 20 heavy (non-hydrogen) atoms. The van der Waals surface area contributed by atoms with Crippen LogP contribution in [0.1, 0.15) is 23.9 Å². The molecule has 2 N–H and O–H groups in total. The number of aromatic nitrogens is 1. The zero-order valence-electron chi connectivity index (χ0n) is 11.3. The molecule has 1 aromatic heterocycles. The van der Waals surface area contributed by atoms with Gasteiger partial charge in [-0.1, -0.05) is 6.92 Å². The highest BCUT2D eigenvalue weighted by Gasteiger charge is 2.37. The predicted molar refractivity (Wildman–Crippen MR) is 75.0 cm³/mol. The molecule has 3 rings (SSSR count). The molecule has 0 spiro atoms. The number of aryl methyl sites for hydroxylation is 2. The van der Waals surface area contributed by atoms with Crippen LogP contribution in [0.15, 0.2) is 0 Å². The average molecular weight is 295 g/mol. The minimum absolute atomic E-state index is 0.0143. The van der Waals surface area contributed by atoms with Crippen molar-refractivity contribution in [2.24, 2.45) is 11.8 Å². The minimum Gasteiger partial charge on any atom is -0.481 e. The van der Waals surface area contributed by atoms with E-state index >= 15 is 0 Å². The van der Waals surface area contributed by atoms with Gasteiger partial charge in [-0.15, -0.1) is 11.3 Å². The van der Waals surface area contributed by atoms with Crippen LogP contribution in [-0.2, 0) is 17.6 Å². The number of rotatable bonds is 2. The van der Waals surface area contributed by atoms with E-state index in [2.05, 4.69) is 10.3 Å². The maximum Gasteiger partial charge on any atom is 0.323 e. The molecule has 0 bridgehead atoms. The Labute approximate surface area is 120 Å². The maximum absolute atomic E-state index is 12.1. The van der Waals surface area contributed by atoms with E-state index in [1.807, 2.05) is 6.92 Å². The standard InChI is InChI=1S/C13H17N3O3S/c1-7-5-16(6-8(7)11(17)18)13(19)15-12-14-9-3-2-4-10(9)20-12/h7-8H,2-6H2,1H3,(H,17,18)(H,14,15,19). The van der Waals surface area contributed by atoms with Gasteiger partial charge in [0.25, 0.3) is 0 Å². The van der Waals surface area contributed by atoms with Gasteiger partial charge in [-0.3, -0.25) is 10.1 Å². The van der Waals surface area contributed by atoms with E-state index in [9.17, 15) is 9.59 Å². The van der Waals surface area contributed by atoms with Crippen LogP contribution in [0.2, 0.25) is 0 Å². The number of urea groups is 1. The second-order valence-electron chi connectivity index (χ2n) is 5.50. The zero-order chi connectivity index (χ0) is 14.3. The van der Waals surface area contributed by atoms with Crippen LogP contribution in [-0.4, -0.2) is 40.1 Å². The fourth-order valence-electron chi connectivity index (χ4n) is 2.87. The quantitative estimate of drug-likeness (QED) is 0.872. The summed E-state index contributed by atoms with van der Waals surface area (Å²) in [7, 11) is 0. The molecule has 1 aliphatic carbocycles. The molecular formula is C13H17N3O3S. The summed E-state index contributed by atoms with van der Waals surface area (Å²) in [6.45, 7) is 2.62. The van der Waals surface area contributed by atoms with E-state index in [0.29, 0.717) is 11.7 Å². The van der Waals surface area contributed by atoms with Crippen molar-refractivity contribution >= 4 is 28.5 Å². The van der Waals surface area contributed by atoms with Gasteiger partial charge in [0.15, 0.2) is 5.13 Å². The Balaban J connectivity index is 1.63. The smallest absolute Gasteiger partial charge is 0.323 e. The molecule has 2 aliphatic rings. The summed E-state index contributed by atoms with van der Waals surface area (Å²) in [5.41, 5.74) is 1.10. The average Bonchev–Trinajstić information content (AvgIpc) is 3.02. The number of hydrogen-bond donors (Lipinski definition) is 2. The number of carboxylic acids is 1. The van der Waals surface area contributed by atoms with Crippen LogP contribution < -0.4 is 5.32 Å². The fourth-order valence-corrected chi connectivity index (χ4v) is 3.91. The number of thiazole rings is 1. The van der Waals surface area contributed by atoms with Crippen molar-refractivity contribution in [3.8, 4) is 0 Å². The molecule has 2 heterocycles. The van der Waals surface area contributed by atoms with E-state index in [1.54, 1.807) is 4.90 Å². The van der Waals surface area contributed by atoms with E-state index in [-0.39, 0.29) is 18.5 Å². The molecule has 1 fully saturated rings. The number of nitrogens with zero attached hydrogens (tertiary/aromatic N) is 2. The highest BCUT2D eigenvalue weighted by molar-refractivity contribution is 7.15. The number of anilines is 1. The molecule has 1 saturated heterocycles. The fraction of sp³-hybridized carbons (Fsp3) is 0.615. The summed E-state index contributed by atoms with van der Waals surface area (Å²) in [5, 5.41) is 12.5. The second kappa shape index (κ2) is 5.05. The maximum atomic E-state index is 12.1. The van der Waals surface area contributed by atoms with Crippen molar-refractivity contribution in [3.05, 3.63) is 10.6 Å². The third-order valence-corrected chi connectivity index (χ3v) is 5.10. The van der Waals surface area contributed by atoms with Crippen molar-refractivity contribution in [2.45, 2.75) is 26.2 Å². The normalized spacial score (nSPS) is 24.8. The van der Waals surface area contributed by atoms with Crippen LogP contribution in [0.5, 0.6) is 0 Å². The van der Waals surface area contributed by atoms with Crippen molar-refractivity contribution in [3.63, 3.8) is 0 Å². The Morgan fingerprint density at radius 1 is 1.40 bits per heavy atom. The molecule has 0 aromatic carbocycles. The number of carbonyl (C=O) groups excluding carboxylic acids is 1. The summed E-state index contributed by atoms with van der Waals surface area (Å²) in [6.07, 6.45) is 3.18. The number of amides is 2. The number of carboxylic acid groups (broad SMARTS) is 1. The molecule has 2 amide bonds. The van der Waals surface area contributed by atoms with Gasteiger partial charge in [0.2, 0.25) is 0 Å². The minimum atomic E-state index is -0.832. The molecule has 108 valence electrons. The summed E-state index contributed by atoms with van der Waals surface area (Å²) >= 11 is 1.53. The van der Waals surface area contributed by atoms with Crippen LogP contribution in [0, 0.1) is 11.8 Å². The number of fused-ring (bicyclic) bond motifs is 1. The SMILES string of the molecule is CC1CN(C(=O)Nc2nc3c(s2)CCC3)CC1C(=O)O. The molecule has 1 aromatic rings. The molecule has 7 heteroatoms. The van der Waals surface area contributed by atoms with E-state index in [4.69, 9.17) is 5.11 Å². The lowest BCUT2D eigenvalue weighted by molar-refractivity contribution is -0.142. The van der Waals surface area contributed by atoms with Crippen molar-refractivity contribution in [2.75, 3.05) is 18.4 Å². The number of carbonyl (C=O) groups is 2. The third kappa shape index (κ3) is 2.37. The summed E-state index contributed by atoms with van der Waals surface area (Å²) in [4.78, 5) is 30.5. The Morgan fingerprint density at radius 2 is 2.20 bits per heavy atom. The molecule has 1 aliphatic heterocycles.